The normalized spacial score (nSPS) is 17.7. The summed E-state index contributed by atoms with van der Waals surface area (Å²) in [4.78, 5) is 12.1. The van der Waals surface area contributed by atoms with Gasteiger partial charge in [-0.3, -0.25) is 4.79 Å². The fourth-order valence-corrected chi connectivity index (χ4v) is 2.12. The van der Waals surface area contributed by atoms with Gasteiger partial charge < -0.3 is 15.2 Å². The molecule has 4 nitrogen and oxygen atoms in total. The fraction of sp³-hybridized carbons (Fsp3) is 0.500. The summed E-state index contributed by atoms with van der Waals surface area (Å²) in [6.07, 6.45) is 2.01. The van der Waals surface area contributed by atoms with Crippen LogP contribution in [-0.2, 0) is 0 Å². The van der Waals surface area contributed by atoms with Crippen LogP contribution in [-0.4, -0.2) is 30.3 Å². The monoisotopic (exact) mass is 267 g/mol. The Morgan fingerprint density at radius 3 is 2.79 bits per heavy atom. The number of carbonyl (C=O) groups excluding carboxylic acids is 1. The maximum atomic E-state index is 13.3. The Bertz CT molecular complexity index is 488. The lowest BCUT2D eigenvalue weighted by molar-refractivity contribution is 0.0824. The number of halogens is 1. The van der Waals surface area contributed by atoms with Crippen molar-refractivity contribution in [2.24, 2.45) is 5.92 Å². The molecule has 1 saturated carbocycles. The summed E-state index contributed by atoms with van der Waals surface area (Å²) < 4.78 is 18.1. The molecule has 1 atom stereocenters. The van der Waals surface area contributed by atoms with Gasteiger partial charge in [0.05, 0.1) is 19.3 Å². The van der Waals surface area contributed by atoms with Gasteiger partial charge in [0.25, 0.3) is 5.91 Å². The molecule has 0 heterocycles. The number of methoxy groups -OCH3 is 1. The van der Waals surface area contributed by atoms with Crippen LogP contribution < -0.4 is 10.1 Å². The van der Waals surface area contributed by atoms with Crippen LogP contribution in [0.4, 0.5) is 4.39 Å². The molecule has 1 amide bonds. The van der Waals surface area contributed by atoms with Crippen molar-refractivity contribution in [1.82, 2.24) is 5.32 Å². The highest BCUT2D eigenvalue weighted by Crippen LogP contribution is 2.39. The number of aliphatic hydroxyl groups is 1. The van der Waals surface area contributed by atoms with Crippen molar-refractivity contribution >= 4 is 5.91 Å². The van der Waals surface area contributed by atoms with Crippen LogP contribution in [0.5, 0.6) is 5.75 Å². The number of amides is 1. The molecule has 0 spiro atoms. The maximum Gasteiger partial charge on any atom is 0.251 e. The molecule has 5 heteroatoms. The van der Waals surface area contributed by atoms with E-state index in [4.69, 9.17) is 4.74 Å². The number of rotatable bonds is 5. The third-order valence-electron chi connectivity index (χ3n) is 3.62. The first-order chi connectivity index (χ1) is 9.00. The molecule has 0 aromatic heterocycles. The second kappa shape index (κ2) is 5.17. The van der Waals surface area contributed by atoms with Crippen molar-refractivity contribution in [1.29, 1.82) is 0 Å². The zero-order valence-electron chi connectivity index (χ0n) is 11.1. The van der Waals surface area contributed by atoms with E-state index in [1.807, 2.05) is 6.92 Å². The van der Waals surface area contributed by atoms with Crippen LogP contribution in [0.3, 0.4) is 0 Å². The molecular formula is C14H18FNO3. The largest absolute Gasteiger partial charge is 0.494 e. The molecule has 1 aromatic rings. The molecule has 1 fully saturated rings. The van der Waals surface area contributed by atoms with E-state index in [0.29, 0.717) is 11.5 Å². The van der Waals surface area contributed by atoms with Crippen molar-refractivity contribution in [3.05, 3.63) is 29.6 Å². The zero-order chi connectivity index (χ0) is 14.0. The average molecular weight is 267 g/mol. The van der Waals surface area contributed by atoms with Gasteiger partial charge in [-0.05, 0) is 43.9 Å². The minimum atomic E-state index is -0.612. The zero-order valence-corrected chi connectivity index (χ0v) is 11.1. The molecule has 0 saturated heterocycles. The quantitative estimate of drug-likeness (QED) is 0.854. The highest BCUT2D eigenvalue weighted by Gasteiger charge is 2.42. The number of hydrogen-bond donors (Lipinski definition) is 2. The summed E-state index contributed by atoms with van der Waals surface area (Å²) in [5.41, 5.74) is -0.294. The van der Waals surface area contributed by atoms with Crippen LogP contribution in [0.1, 0.15) is 30.1 Å². The summed E-state index contributed by atoms with van der Waals surface area (Å²) in [5.74, 6) is -0.499. The van der Waals surface area contributed by atoms with Gasteiger partial charge >= 0.3 is 0 Å². The Balaban J connectivity index is 2.15. The third kappa shape index (κ3) is 2.87. The van der Waals surface area contributed by atoms with Crippen molar-refractivity contribution in [3.8, 4) is 5.75 Å². The number of aliphatic hydroxyl groups excluding tert-OH is 1. The predicted octanol–water partition coefficient (Wildman–Crippen LogP) is 1.73. The van der Waals surface area contributed by atoms with Crippen LogP contribution in [0.25, 0.3) is 0 Å². The Kier molecular flexibility index (Phi) is 3.75. The second-order valence-electron chi connectivity index (χ2n) is 5.15. The topological polar surface area (TPSA) is 58.6 Å². The van der Waals surface area contributed by atoms with Crippen molar-refractivity contribution < 1.29 is 19.0 Å². The molecule has 19 heavy (non-hydrogen) atoms. The number of benzene rings is 1. The molecule has 104 valence electrons. The summed E-state index contributed by atoms with van der Waals surface area (Å²) in [5, 5.41) is 12.3. The molecule has 0 aliphatic heterocycles. The third-order valence-corrected chi connectivity index (χ3v) is 3.62. The van der Waals surface area contributed by atoms with Crippen LogP contribution >= 0.6 is 0 Å². The van der Waals surface area contributed by atoms with Crippen LogP contribution in [0.15, 0.2) is 18.2 Å². The van der Waals surface area contributed by atoms with E-state index >= 15 is 0 Å². The first-order valence-corrected chi connectivity index (χ1v) is 6.27. The summed E-state index contributed by atoms with van der Waals surface area (Å²) in [7, 11) is 1.35. The maximum absolute atomic E-state index is 13.3. The number of hydrogen-bond acceptors (Lipinski definition) is 3. The van der Waals surface area contributed by atoms with Crippen molar-refractivity contribution in [2.75, 3.05) is 13.7 Å². The number of ether oxygens (including phenoxy) is 1. The van der Waals surface area contributed by atoms with Gasteiger partial charge in [-0.15, -0.1) is 0 Å². The molecule has 2 rings (SSSR count). The van der Waals surface area contributed by atoms with E-state index < -0.39 is 11.4 Å². The van der Waals surface area contributed by atoms with E-state index in [1.165, 1.54) is 25.3 Å². The number of nitrogens with one attached hydrogen (secondary N) is 1. The Morgan fingerprint density at radius 2 is 2.26 bits per heavy atom. The van der Waals surface area contributed by atoms with Crippen LogP contribution in [0, 0.1) is 11.7 Å². The van der Waals surface area contributed by atoms with Gasteiger partial charge in [-0.1, -0.05) is 0 Å². The number of carbonyl (C=O) groups is 1. The van der Waals surface area contributed by atoms with Gasteiger partial charge in [0, 0.05) is 5.56 Å². The van der Waals surface area contributed by atoms with E-state index in [9.17, 15) is 14.3 Å². The SMILES string of the molecule is COc1cc(C(=O)NC(C)(CO)C2CC2)ccc1F. The smallest absolute Gasteiger partial charge is 0.251 e. The lowest BCUT2D eigenvalue weighted by Crippen LogP contribution is -2.50. The lowest BCUT2D eigenvalue weighted by Gasteiger charge is -2.28. The first kappa shape index (κ1) is 13.8. The van der Waals surface area contributed by atoms with E-state index in [-0.39, 0.29) is 18.3 Å². The molecule has 1 aliphatic rings. The van der Waals surface area contributed by atoms with Gasteiger partial charge in [0.15, 0.2) is 11.6 Å². The highest BCUT2D eigenvalue weighted by molar-refractivity contribution is 5.95. The average Bonchev–Trinajstić information content (AvgIpc) is 3.23. The molecular weight excluding hydrogens is 249 g/mol. The summed E-state index contributed by atoms with van der Waals surface area (Å²) >= 11 is 0. The molecule has 0 radical (unpaired) electrons. The second-order valence-corrected chi connectivity index (χ2v) is 5.15. The lowest BCUT2D eigenvalue weighted by atomic mass is 9.96. The fourth-order valence-electron chi connectivity index (χ4n) is 2.12. The first-order valence-electron chi connectivity index (χ1n) is 6.27. The van der Waals surface area contributed by atoms with Gasteiger partial charge in [0.2, 0.25) is 0 Å². The minimum absolute atomic E-state index is 0.0322. The Hall–Kier alpha value is -1.62. The standard InChI is InChI=1S/C14H18FNO3/c1-14(8-17,10-4-5-10)16-13(18)9-3-6-11(15)12(7-9)19-2/h3,6-7,10,17H,4-5,8H2,1-2H3,(H,16,18). The van der Waals surface area contributed by atoms with Gasteiger partial charge in [-0.2, -0.15) is 0 Å². The van der Waals surface area contributed by atoms with E-state index in [1.54, 1.807) is 0 Å². The van der Waals surface area contributed by atoms with Crippen molar-refractivity contribution in [3.63, 3.8) is 0 Å². The molecule has 0 bridgehead atoms. The van der Waals surface area contributed by atoms with Gasteiger partial charge in [0.1, 0.15) is 0 Å². The van der Waals surface area contributed by atoms with Crippen LogP contribution in [0.2, 0.25) is 0 Å². The molecule has 1 aromatic carbocycles. The van der Waals surface area contributed by atoms with E-state index in [0.717, 1.165) is 12.8 Å². The summed E-state index contributed by atoms with van der Waals surface area (Å²) in [6, 6.07) is 3.95. The molecule has 1 unspecified atom stereocenters. The Labute approximate surface area is 111 Å². The molecule has 1 aliphatic carbocycles. The summed E-state index contributed by atoms with van der Waals surface area (Å²) in [6.45, 7) is 1.71. The van der Waals surface area contributed by atoms with Gasteiger partial charge in [-0.25, -0.2) is 4.39 Å². The Morgan fingerprint density at radius 1 is 1.58 bits per heavy atom. The van der Waals surface area contributed by atoms with Crippen molar-refractivity contribution in [2.45, 2.75) is 25.3 Å². The minimum Gasteiger partial charge on any atom is -0.494 e. The predicted molar refractivity (Wildman–Crippen MR) is 68.6 cm³/mol. The highest BCUT2D eigenvalue weighted by atomic mass is 19.1. The van der Waals surface area contributed by atoms with E-state index in [2.05, 4.69) is 5.32 Å². The molecule has 2 N–H and O–H groups in total.